The summed E-state index contributed by atoms with van der Waals surface area (Å²) in [4.78, 5) is 16.3. The molecule has 2 rings (SSSR count). The predicted octanol–water partition coefficient (Wildman–Crippen LogP) is 1.75. The molecule has 0 radical (unpaired) electrons. The number of hydrogen-bond acceptors (Lipinski definition) is 3. The van der Waals surface area contributed by atoms with Gasteiger partial charge >= 0.3 is 0 Å². The molecule has 4 heteroatoms. The van der Waals surface area contributed by atoms with E-state index in [2.05, 4.69) is 17.9 Å². The normalized spacial score (nSPS) is 21.9. The molecule has 0 atom stereocenters. The van der Waals surface area contributed by atoms with Crippen LogP contribution >= 0.6 is 0 Å². The zero-order valence-electron chi connectivity index (χ0n) is 12.2. The standard InChI is InChI=1S/C15H26N2O2/c1-3-9-15(19)11-16(12-15)10-14(18)17(4-2)13-7-5-6-8-13/h7,19H,3-6,8-12H2,1-2H3. The van der Waals surface area contributed by atoms with Crippen LogP contribution in [0, 0.1) is 0 Å². The molecule has 4 nitrogen and oxygen atoms in total. The summed E-state index contributed by atoms with van der Waals surface area (Å²) in [6.45, 7) is 6.58. The Bertz CT molecular complexity index is 359. The van der Waals surface area contributed by atoms with Crippen molar-refractivity contribution in [2.45, 2.75) is 51.6 Å². The fraction of sp³-hybridized carbons (Fsp3) is 0.800. The Hall–Kier alpha value is -0.870. The first-order chi connectivity index (χ1) is 9.08. The molecule has 1 saturated heterocycles. The monoisotopic (exact) mass is 266 g/mol. The van der Waals surface area contributed by atoms with E-state index < -0.39 is 5.60 Å². The number of nitrogens with zero attached hydrogens (tertiary/aromatic N) is 2. The third-order valence-electron chi connectivity index (χ3n) is 4.09. The van der Waals surface area contributed by atoms with Crippen LogP contribution in [-0.2, 0) is 4.79 Å². The first-order valence-corrected chi connectivity index (χ1v) is 7.52. The van der Waals surface area contributed by atoms with Crippen molar-refractivity contribution in [3.63, 3.8) is 0 Å². The van der Waals surface area contributed by atoms with Crippen LogP contribution in [0.5, 0.6) is 0 Å². The molecule has 0 spiro atoms. The maximum absolute atomic E-state index is 12.3. The smallest absolute Gasteiger partial charge is 0.240 e. The van der Waals surface area contributed by atoms with E-state index in [1.807, 2.05) is 11.8 Å². The molecule has 2 aliphatic rings. The van der Waals surface area contributed by atoms with Crippen LogP contribution in [0.25, 0.3) is 0 Å². The number of allylic oxidation sites excluding steroid dienone is 2. The van der Waals surface area contributed by atoms with Gasteiger partial charge in [-0.3, -0.25) is 9.69 Å². The molecular formula is C15H26N2O2. The topological polar surface area (TPSA) is 43.8 Å². The van der Waals surface area contributed by atoms with Crippen LogP contribution < -0.4 is 0 Å². The lowest BCUT2D eigenvalue weighted by Gasteiger charge is -2.46. The average Bonchev–Trinajstić information content (AvgIpc) is 2.82. The molecule has 1 amide bonds. The van der Waals surface area contributed by atoms with Gasteiger partial charge in [0.2, 0.25) is 5.91 Å². The van der Waals surface area contributed by atoms with Gasteiger partial charge in [0.15, 0.2) is 0 Å². The Morgan fingerprint density at radius 1 is 1.47 bits per heavy atom. The summed E-state index contributed by atoms with van der Waals surface area (Å²) >= 11 is 0. The number of carbonyl (C=O) groups excluding carboxylic acids is 1. The molecule has 1 aliphatic carbocycles. The van der Waals surface area contributed by atoms with E-state index in [4.69, 9.17) is 0 Å². The van der Waals surface area contributed by atoms with E-state index in [0.29, 0.717) is 19.6 Å². The number of likely N-dealkylation sites (tertiary alicyclic amines) is 1. The largest absolute Gasteiger partial charge is 0.387 e. The van der Waals surface area contributed by atoms with Gasteiger partial charge in [0.05, 0.1) is 12.1 Å². The minimum absolute atomic E-state index is 0.175. The summed E-state index contributed by atoms with van der Waals surface area (Å²) in [6.07, 6.45) is 7.30. The first-order valence-electron chi connectivity index (χ1n) is 7.52. The van der Waals surface area contributed by atoms with Gasteiger partial charge in [-0.25, -0.2) is 0 Å². The number of likely N-dealkylation sites (N-methyl/N-ethyl adjacent to an activating group) is 1. The number of rotatable bonds is 6. The summed E-state index contributed by atoms with van der Waals surface area (Å²) in [5.41, 5.74) is 0.649. The van der Waals surface area contributed by atoms with E-state index in [1.54, 1.807) is 0 Å². The van der Waals surface area contributed by atoms with Gasteiger partial charge in [0.1, 0.15) is 0 Å². The molecule has 19 heavy (non-hydrogen) atoms. The molecule has 1 fully saturated rings. The minimum Gasteiger partial charge on any atom is -0.387 e. The highest BCUT2D eigenvalue weighted by Gasteiger charge is 2.41. The van der Waals surface area contributed by atoms with Crippen molar-refractivity contribution in [1.29, 1.82) is 0 Å². The number of amides is 1. The van der Waals surface area contributed by atoms with E-state index in [1.165, 1.54) is 12.1 Å². The number of hydrogen-bond donors (Lipinski definition) is 1. The van der Waals surface area contributed by atoms with Crippen LogP contribution in [0.15, 0.2) is 11.8 Å². The zero-order valence-corrected chi connectivity index (χ0v) is 12.2. The first kappa shape index (κ1) is 14.5. The fourth-order valence-electron chi connectivity index (χ4n) is 3.24. The van der Waals surface area contributed by atoms with Gasteiger partial charge in [-0.15, -0.1) is 0 Å². The molecule has 1 aliphatic heterocycles. The third-order valence-corrected chi connectivity index (χ3v) is 4.09. The maximum atomic E-state index is 12.3. The maximum Gasteiger partial charge on any atom is 0.240 e. The summed E-state index contributed by atoms with van der Waals surface area (Å²) in [7, 11) is 0. The molecule has 0 aromatic carbocycles. The quantitative estimate of drug-likeness (QED) is 0.796. The van der Waals surface area contributed by atoms with Crippen molar-refractivity contribution < 1.29 is 9.90 Å². The second-order valence-electron chi connectivity index (χ2n) is 5.85. The number of carbonyl (C=O) groups is 1. The van der Waals surface area contributed by atoms with E-state index >= 15 is 0 Å². The molecular weight excluding hydrogens is 240 g/mol. The Balaban J connectivity index is 1.81. The van der Waals surface area contributed by atoms with Crippen molar-refractivity contribution in [3.8, 4) is 0 Å². The van der Waals surface area contributed by atoms with Gasteiger partial charge < -0.3 is 10.0 Å². The predicted molar refractivity (Wildman–Crippen MR) is 75.6 cm³/mol. The SMILES string of the molecule is CCCC1(O)CN(CC(=O)N(CC)C2=CCCC2)C1. The van der Waals surface area contributed by atoms with Crippen molar-refractivity contribution in [3.05, 3.63) is 11.8 Å². The van der Waals surface area contributed by atoms with Gasteiger partial charge in [-0.05, 0) is 32.6 Å². The summed E-state index contributed by atoms with van der Waals surface area (Å²) in [6, 6.07) is 0. The molecule has 0 aromatic heterocycles. The lowest BCUT2D eigenvalue weighted by atomic mass is 9.89. The minimum atomic E-state index is -0.543. The molecule has 0 unspecified atom stereocenters. The van der Waals surface area contributed by atoms with Crippen LogP contribution in [0.2, 0.25) is 0 Å². The highest BCUT2D eigenvalue weighted by molar-refractivity contribution is 5.80. The van der Waals surface area contributed by atoms with Crippen LogP contribution in [0.4, 0.5) is 0 Å². The zero-order chi connectivity index (χ0) is 13.9. The summed E-state index contributed by atoms with van der Waals surface area (Å²) in [5.74, 6) is 0.175. The lowest BCUT2D eigenvalue weighted by molar-refractivity contribution is -0.140. The Morgan fingerprint density at radius 2 is 2.21 bits per heavy atom. The van der Waals surface area contributed by atoms with Gasteiger partial charge in [0, 0.05) is 25.3 Å². The van der Waals surface area contributed by atoms with Crippen molar-refractivity contribution >= 4 is 5.91 Å². The number of β-amino-alcohol motifs (C(OH)–C–C–N with tert-alkyl or cyclic N) is 1. The second-order valence-corrected chi connectivity index (χ2v) is 5.85. The van der Waals surface area contributed by atoms with Gasteiger partial charge in [-0.2, -0.15) is 0 Å². The van der Waals surface area contributed by atoms with E-state index in [9.17, 15) is 9.90 Å². The number of aliphatic hydroxyl groups is 1. The van der Waals surface area contributed by atoms with Crippen molar-refractivity contribution in [1.82, 2.24) is 9.80 Å². The summed E-state index contributed by atoms with van der Waals surface area (Å²) < 4.78 is 0. The Morgan fingerprint density at radius 3 is 2.74 bits per heavy atom. The molecule has 0 aromatic rings. The molecule has 108 valence electrons. The summed E-state index contributed by atoms with van der Waals surface area (Å²) in [5, 5.41) is 10.1. The highest BCUT2D eigenvalue weighted by Crippen LogP contribution is 2.26. The highest BCUT2D eigenvalue weighted by atomic mass is 16.3. The van der Waals surface area contributed by atoms with Crippen LogP contribution in [-0.4, -0.2) is 52.6 Å². The van der Waals surface area contributed by atoms with Crippen LogP contribution in [0.3, 0.4) is 0 Å². The fourth-order valence-corrected chi connectivity index (χ4v) is 3.24. The lowest BCUT2D eigenvalue weighted by Crippen LogP contribution is -2.63. The Labute approximate surface area is 116 Å². The van der Waals surface area contributed by atoms with Gasteiger partial charge in [-0.1, -0.05) is 19.4 Å². The molecule has 0 saturated carbocycles. The van der Waals surface area contributed by atoms with Gasteiger partial charge in [0.25, 0.3) is 0 Å². The van der Waals surface area contributed by atoms with Crippen molar-refractivity contribution in [2.75, 3.05) is 26.2 Å². The van der Waals surface area contributed by atoms with E-state index in [-0.39, 0.29) is 5.91 Å². The molecule has 1 heterocycles. The third kappa shape index (κ3) is 3.37. The van der Waals surface area contributed by atoms with E-state index in [0.717, 1.165) is 32.2 Å². The van der Waals surface area contributed by atoms with Crippen LogP contribution in [0.1, 0.15) is 46.0 Å². The molecule has 0 bridgehead atoms. The Kier molecular flexibility index (Phi) is 4.63. The molecule has 1 N–H and O–H groups in total. The average molecular weight is 266 g/mol. The second kappa shape index (κ2) is 6.06. The van der Waals surface area contributed by atoms with Crippen molar-refractivity contribution in [2.24, 2.45) is 0 Å².